The van der Waals surface area contributed by atoms with E-state index in [9.17, 15) is 10.0 Å². The van der Waals surface area contributed by atoms with E-state index in [1.54, 1.807) is 18.3 Å². The van der Waals surface area contributed by atoms with E-state index in [0.717, 1.165) is 39.2 Å². The molecule has 32 heavy (non-hydrogen) atoms. The van der Waals surface area contributed by atoms with Crippen molar-refractivity contribution in [2.45, 2.75) is 19.8 Å². The molecule has 164 valence electrons. The minimum absolute atomic E-state index is 0.259. The van der Waals surface area contributed by atoms with Crippen molar-refractivity contribution < 1.29 is 24.2 Å². The van der Waals surface area contributed by atoms with Gasteiger partial charge in [0.05, 0.1) is 18.8 Å². The molecule has 1 aromatic heterocycles. The number of rotatable bonds is 8. The van der Waals surface area contributed by atoms with Crippen LogP contribution in [0.5, 0.6) is 5.75 Å². The van der Waals surface area contributed by atoms with Crippen LogP contribution in [0, 0.1) is 0 Å². The molecule has 0 aliphatic heterocycles. The van der Waals surface area contributed by atoms with Crippen LogP contribution in [0.4, 0.5) is 0 Å². The van der Waals surface area contributed by atoms with Gasteiger partial charge in [0.25, 0.3) is 5.71 Å². The highest BCUT2D eigenvalue weighted by Crippen LogP contribution is 2.41. The second kappa shape index (κ2) is 9.83. The average molecular weight is 449 g/mol. The molecule has 6 heteroatoms. The molecule has 0 fully saturated rings. The Morgan fingerprint density at radius 3 is 2.56 bits per heavy atom. The zero-order valence-corrected chi connectivity index (χ0v) is 19.0. The van der Waals surface area contributed by atoms with Gasteiger partial charge in [-0.1, -0.05) is 36.4 Å². The van der Waals surface area contributed by atoms with Crippen LogP contribution in [-0.4, -0.2) is 41.9 Å². The van der Waals surface area contributed by atoms with Crippen molar-refractivity contribution in [3.05, 3.63) is 93.2 Å². The SMILES string of the molecule is CCOC(=O)C1=C(c2cccs2)c2ccc(OCCCc3ccccc3)cc2C1=[N+](C)O. The molecule has 1 aliphatic rings. The van der Waals surface area contributed by atoms with Crippen LogP contribution < -0.4 is 4.74 Å². The van der Waals surface area contributed by atoms with Crippen molar-refractivity contribution in [3.63, 3.8) is 0 Å². The average Bonchev–Trinajstić information content (AvgIpc) is 3.43. The van der Waals surface area contributed by atoms with E-state index in [-0.39, 0.29) is 6.61 Å². The lowest BCUT2D eigenvalue weighted by molar-refractivity contribution is -0.753. The summed E-state index contributed by atoms with van der Waals surface area (Å²) in [5.41, 5.74) is 4.49. The van der Waals surface area contributed by atoms with Crippen molar-refractivity contribution in [3.8, 4) is 5.75 Å². The van der Waals surface area contributed by atoms with Gasteiger partial charge in [-0.2, -0.15) is 0 Å². The highest BCUT2D eigenvalue weighted by molar-refractivity contribution is 7.11. The quantitative estimate of drug-likeness (QED) is 0.174. The number of hydrogen-bond acceptors (Lipinski definition) is 5. The number of aryl methyl sites for hydroxylation is 1. The lowest BCUT2D eigenvalue weighted by Crippen LogP contribution is -2.22. The van der Waals surface area contributed by atoms with Crippen LogP contribution >= 0.6 is 11.3 Å². The van der Waals surface area contributed by atoms with E-state index in [1.807, 2.05) is 53.9 Å². The number of fused-ring (bicyclic) bond motifs is 1. The number of carbonyl (C=O) groups is 1. The number of carbonyl (C=O) groups excluding carboxylic acids is 1. The van der Waals surface area contributed by atoms with Crippen LogP contribution in [0.25, 0.3) is 5.57 Å². The maximum Gasteiger partial charge on any atom is 0.345 e. The van der Waals surface area contributed by atoms with Gasteiger partial charge in [-0.15, -0.1) is 11.3 Å². The van der Waals surface area contributed by atoms with E-state index >= 15 is 0 Å². The van der Waals surface area contributed by atoms with Gasteiger partial charge < -0.3 is 9.47 Å². The Kier molecular flexibility index (Phi) is 6.71. The summed E-state index contributed by atoms with van der Waals surface area (Å²) in [4.78, 5) is 13.8. The topological polar surface area (TPSA) is 58.8 Å². The zero-order valence-electron chi connectivity index (χ0n) is 18.2. The minimum atomic E-state index is -0.451. The Labute approximate surface area is 191 Å². The molecule has 0 atom stereocenters. The molecular weight excluding hydrogens is 422 g/mol. The van der Waals surface area contributed by atoms with Crippen molar-refractivity contribution in [1.29, 1.82) is 0 Å². The summed E-state index contributed by atoms with van der Waals surface area (Å²) in [5.74, 6) is 0.250. The van der Waals surface area contributed by atoms with Gasteiger partial charge in [0.2, 0.25) is 0 Å². The fourth-order valence-corrected chi connectivity index (χ4v) is 4.73. The van der Waals surface area contributed by atoms with E-state index < -0.39 is 5.97 Å². The molecule has 1 heterocycles. The molecule has 0 saturated heterocycles. The molecule has 0 amide bonds. The first kappa shape index (κ1) is 21.8. The highest BCUT2D eigenvalue weighted by atomic mass is 32.1. The van der Waals surface area contributed by atoms with Crippen LogP contribution in [0.3, 0.4) is 0 Å². The number of nitrogens with zero attached hydrogens (tertiary/aromatic N) is 1. The first-order valence-corrected chi connectivity index (χ1v) is 11.5. The summed E-state index contributed by atoms with van der Waals surface area (Å²) in [6, 6.07) is 20.0. The second-order valence-electron chi connectivity index (χ2n) is 7.46. The molecule has 3 aromatic rings. The Bertz CT molecular complexity index is 1160. The highest BCUT2D eigenvalue weighted by Gasteiger charge is 2.40. The van der Waals surface area contributed by atoms with Crippen molar-refractivity contribution >= 4 is 28.6 Å². The molecule has 2 aromatic carbocycles. The van der Waals surface area contributed by atoms with E-state index in [4.69, 9.17) is 9.47 Å². The monoisotopic (exact) mass is 448 g/mol. The first-order chi connectivity index (χ1) is 15.6. The Balaban J connectivity index is 1.62. The number of esters is 1. The van der Waals surface area contributed by atoms with Crippen LogP contribution in [0.1, 0.15) is 34.9 Å². The maximum atomic E-state index is 12.9. The molecule has 1 N–H and O–H groups in total. The molecule has 5 nitrogen and oxygen atoms in total. The molecular formula is C26H26NO4S+. The van der Waals surface area contributed by atoms with Crippen molar-refractivity contribution in [2.75, 3.05) is 20.3 Å². The maximum absolute atomic E-state index is 12.9. The van der Waals surface area contributed by atoms with E-state index in [0.29, 0.717) is 23.6 Å². The normalized spacial score (nSPS) is 14.3. The first-order valence-electron chi connectivity index (χ1n) is 10.7. The third kappa shape index (κ3) is 4.46. The van der Waals surface area contributed by atoms with Crippen LogP contribution in [0.2, 0.25) is 0 Å². The van der Waals surface area contributed by atoms with Gasteiger partial charge in [-0.25, -0.2) is 4.79 Å². The van der Waals surface area contributed by atoms with Gasteiger partial charge in [-0.3, -0.25) is 5.21 Å². The third-order valence-electron chi connectivity index (χ3n) is 5.29. The lowest BCUT2D eigenvalue weighted by Gasteiger charge is -2.09. The molecule has 0 spiro atoms. The van der Waals surface area contributed by atoms with Gasteiger partial charge in [0.15, 0.2) is 7.05 Å². The summed E-state index contributed by atoms with van der Waals surface area (Å²) >= 11 is 1.55. The largest absolute Gasteiger partial charge is 0.494 e. The molecule has 1 aliphatic carbocycles. The molecule has 0 unspecified atom stereocenters. The zero-order chi connectivity index (χ0) is 22.5. The molecule has 0 bridgehead atoms. The van der Waals surface area contributed by atoms with Crippen LogP contribution in [0.15, 0.2) is 71.6 Å². The predicted molar refractivity (Wildman–Crippen MR) is 126 cm³/mol. The Morgan fingerprint density at radius 1 is 1.06 bits per heavy atom. The minimum Gasteiger partial charge on any atom is -0.494 e. The van der Waals surface area contributed by atoms with Crippen LogP contribution in [-0.2, 0) is 16.0 Å². The van der Waals surface area contributed by atoms with Crippen molar-refractivity contribution in [2.24, 2.45) is 0 Å². The fraction of sp³-hybridized carbons (Fsp3) is 0.231. The van der Waals surface area contributed by atoms with Gasteiger partial charge in [0.1, 0.15) is 11.3 Å². The van der Waals surface area contributed by atoms with Crippen molar-refractivity contribution in [1.82, 2.24) is 0 Å². The van der Waals surface area contributed by atoms with Gasteiger partial charge in [0, 0.05) is 10.5 Å². The van der Waals surface area contributed by atoms with Gasteiger partial charge in [-0.05, 0) is 65.3 Å². The Morgan fingerprint density at radius 2 is 1.88 bits per heavy atom. The molecule has 4 rings (SSSR count). The number of hydrogen-bond donors (Lipinski definition) is 1. The number of hydroxylamine groups is 1. The standard InChI is InChI=1S/C26H26NO4S/c1-3-30-26(28)24-23(22-12-8-16-32-22)20-14-13-19(17-21(20)25(24)27(2)29)31-15-7-11-18-9-5-4-6-10-18/h4-6,8-10,12-14,16-17,29H,3,7,11,15H2,1-2H3/q+1. The summed E-state index contributed by atoms with van der Waals surface area (Å²) in [6.45, 7) is 2.61. The summed E-state index contributed by atoms with van der Waals surface area (Å²) in [7, 11) is 1.52. The fourth-order valence-electron chi connectivity index (χ4n) is 3.94. The predicted octanol–water partition coefficient (Wildman–Crippen LogP) is 4.96. The second-order valence-corrected chi connectivity index (χ2v) is 8.41. The third-order valence-corrected chi connectivity index (χ3v) is 6.18. The number of ether oxygens (including phenoxy) is 2. The number of thiophene rings is 1. The summed E-state index contributed by atoms with van der Waals surface area (Å²) < 4.78 is 12.3. The number of benzene rings is 2. The molecule has 0 saturated carbocycles. The van der Waals surface area contributed by atoms with E-state index in [2.05, 4.69) is 12.1 Å². The smallest absolute Gasteiger partial charge is 0.345 e. The lowest BCUT2D eigenvalue weighted by atomic mass is 10.0. The summed E-state index contributed by atoms with van der Waals surface area (Å²) in [6.07, 6.45) is 1.84. The van der Waals surface area contributed by atoms with Gasteiger partial charge >= 0.3 is 5.97 Å². The Hall–Kier alpha value is -3.38. The van der Waals surface area contributed by atoms with E-state index in [1.165, 1.54) is 12.6 Å². The summed E-state index contributed by atoms with van der Waals surface area (Å²) in [5, 5.41) is 12.4. The molecule has 0 radical (unpaired) electrons.